The lowest BCUT2D eigenvalue weighted by Crippen LogP contribution is -1.93. The Hall–Kier alpha value is -2.84. The summed E-state index contributed by atoms with van der Waals surface area (Å²) < 4.78 is 13.5. The van der Waals surface area contributed by atoms with Gasteiger partial charge in [-0.25, -0.2) is 9.37 Å². The summed E-state index contributed by atoms with van der Waals surface area (Å²) >= 11 is 6.22. The first-order valence-corrected chi connectivity index (χ1v) is 6.60. The highest BCUT2D eigenvalue weighted by molar-refractivity contribution is 6.35. The van der Waals surface area contributed by atoms with Crippen LogP contribution in [0.15, 0.2) is 36.4 Å². The first-order valence-electron chi connectivity index (χ1n) is 6.22. The second kappa shape index (κ2) is 5.17. The van der Waals surface area contributed by atoms with Crippen LogP contribution in [-0.4, -0.2) is 15.2 Å². The van der Waals surface area contributed by atoms with Crippen molar-refractivity contribution in [1.29, 1.82) is 5.26 Å². The predicted octanol–water partition coefficient (Wildman–Crippen LogP) is 3.98. The van der Waals surface area contributed by atoms with Gasteiger partial charge in [0.05, 0.1) is 21.8 Å². The molecule has 1 aromatic heterocycles. The molecule has 0 saturated heterocycles. The van der Waals surface area contributed by atoms with Gasteiger partial charge in [0.15, 0.2) is 11.6 Å². The molecule has 0 unspecified atom stereocenters. The fraction of sp³-hybridized carbons (Fsp3) is 0. The van der Waals surface area contributed by atoms with E-state index in [4.69, 9.17) is 11.6 Å². The van der Waals surface area contributed by atoms with Gasteiger partial charge in [0.2, 0.25) is 0 Å². The van der Waals surface area contributed by atoms with Crippen molar-refractivity contribution in [3.05, 3.63) is 52.8 Å². The lowest BCUT2D eigenvalue weighted by atomic mass is 10.0. The van der Waals surface area contributed by atoms with E-state index in [9.17, 15) is 19.9 Å². The Labute approximate surface area is 129 Å². The van der Waals surface area contributed by atoms with Crippen molar-refractivity contribution < 1.29 is 14.6 Å². The fourth-order valence-electron chi connectivity index (χ4n) is 2.18. The molecular weight excluding hydrogens is 307 g/mol. The highest BCUT2D eigenvalue weighted by Crippen LogP contribution is 2.35. The zero-order valence-corrected chi connectivity index (χ0v) is 11.8. The Balaban J connectivity index is 2.35. The molecule has 0 aliphatic carbocycles. The van der Waals surface area contributed by atoms with Crippen molar-refractivity contribution in [1.82, 2.24) is 4.98 Å². The number of phenols is 2. The maximum atomic E-state index is 13.5. The summed E-state index contributed by atoms with van der Waals surface area (Å²) in [7, 11) is 0. The van der Waals surface area contributed by atoms with Gasteiger partial charge in [-0.05, 0) is 36.4 Å². The van der Waals surface area contributed by atoms with E-state index < -0.39 is 11.6 Å². The van der Waals surface area contributed by atoms with E-state index in [0.29, 0.717) is 16.5 Å². The summed E-state index contributed by atoms with van der Waals surface area (Å²) in [6, 6.07) is 10.1. The summed E-state index contributed by atoms with van der Waals surface area (Å²) in [6.45, 7) is 0. The van der Waals surface area contributed by atoms with Crippen molar-refractivity contribution in [2.75, 3.05) is 0 Å². The Bertz CT molecular complexity index is 951. The number of pyridine rings is 1. The van der Waals surface area contributed by atoms with Crippen molar-refractivity contribution in [2.45, 2.75) is 0 Å². The summed E-state index contributed by atoms with van der Waals surface area (Å²) in [5, 5.41) is 28.6. The summed E-state index contributed by atoms with van der Waals surface area (Å²) in [5.74, 6) is -1.30. The summed E-state index contributed by atoms with van der Waals surface area (Å²) in [6.07, 6.45) is 0. The van der Waals surface area contributed by atoms with Crippen LogP contribution in [0.5, 0.6) is 11.5 Å². The number of nitriles is 1. The van der Waals surface area contributed by atoms with E-state index in [1.165, 1.54) is 24.3 Å². The Morgan fingerprint density at radius 1 is 1.14 bits per heavy atom. The standard InChI is InChI=1S/C16H8ClFN2O2/c17-15-11(7-19)10-6-9(21)2-3-13(10)20-16(15)8-1-4-14(22)12(18)5-8/h1-6,21-22H. The van der Waals surface area contributed by atoms with Gasteiger partial charge in [0.25, 0.3) is 0 Å². The zero-order valence-electron chi connectivity index (χ0n) is 11.0. The van der Waals surface area contributed by atoms with Crippen molar-refractivity contribution in [2.24, 2.45) is 0 Å². The number of hydrogen-bond acceptors (Lipinski definition) is 4. The smallest absolute Gasteiger partial charge is 0.165 e. The van der Waals surface area contributed by atoms with Crippen LogP contribution in [0.2, 0.25) is 5.02 Å². The van der Waals surface area contributed by atoms with E-state index in [1.54, 1.807) is 6.07 Å². The normalized spacial score (nSPS) is 10.6. The minimum Gasteiger partial charge on any atom is -0.508 e. The number of hydrogen-bond donors (Lipinski definition) is 2. The van der Waals surface area contributed by atoms with Gasteiger partial charge in [0.1, 0.15) is 11.8 Å². The van der Waals surface area contributed by atoms with Gasteiger partial charge in [-0.15, -0.1) is 0 Å². The van der Waals surface area contributed by atoms with E-state index in [1.807, 2.05) is 6.07 Å². The third kappa shape index (κ3) is 2.20. The second-order valence-electron chi connectivity index (χ2n) is 4.63. The van der Waals surface area contributed by atoms with Crippen LogP contribution in [0.1, 0.15) is 5.56 Å². The average molecular weight is 315 g/mol. The Morgan fingerprint density at radius 2 is 1.91 bits per heavy atom. The SMILES string of the molecule is N#Cc1c(Cl)c(-c2ccc(O)c(F)c2)nc2ccc(O)cc12. The van der Waals surface area contributed by atoms with Gasteiger partial charge in [-0.3, -0.25) is 0 Å². The molecule has 0 spiro atoms. The topological polar surface area (TPSA) is 77.1 Å². The first kappa shape index (κ1) is 14.1. The molecule has 0 radical (unpaired) electrons. The maximum Gasteiger partial charge on any atom is 0.165 e. The molecule has 3 rings (SSSR count). The molecule has 0 bridgehead atoms. The monoisotopic (exact) mass is 314 g/mol. The lowest BCUT2D eigenvalue weighted by Gasteiger charge is -2.09. The van der Waals surface area contributed by atoms with E-state index in [-0.39, 0.29) is 22.0 Å². The molecule has 0 aliphatic heterocycles. The minimum atomic E-state index is -0.806. The molecule has 0 saturated carbocycles. The molecule has 108 valence electrons. The first-order chi connectivity index (χ1) is 10.5. The van der Waals surface area contributed by atoms with E-state index in [0.717, 1.165) is 6.07 Å². The largest absolute Gasteiger partial charge is 0.508 e. The Morgan fingerprint density at radius 3 is 2.59 bits per heavy atom. The lowest BCUT2D eigenvalue weighted by molar-refractivity contribution is 0.432. The molecule has 0 fully saturated rings. The van der Waals surface area contributed by atoms with Crippen LogP contribution in [0, 0.1) is 17.1 Å². The van der Waals surface area contributed by atoms with Crippen LogP contribution in [0.3, 0.4) is 0 Å². The Kier molecular flexibility index (Phi) is 3.32. The summed E-state index contributed by atoms with van der Waals surface area (Å²) in [4.78, 5) is 4.32. The van der Waals surface area contributed by atoms with Crippen LogP contribution in [-0.2, 0) is 0 Å². The molecule has 2 N–H and O–H groups in total. The molecule has 2 aromatic carbocycles. The fourth-order valence-corrected chi connectivity index (χ4v) is 2.48. The molecular formula is C16H8ClFN2O2. The number of rotatable bonds is 1. The number of aromatic hydroxyl groups is 2. The van der Waals surface area contributed by atoms with Crippen molar-refractivity contribution in [3.63, 3.8) is 0 Å². The number of aromatic nitrogens is 1. The van der Waals surface area contributed by atoms with Crippen LogP contribution < -0.4 is 0 Å². The molecule has 0 atom stereocenters. The zero-order chi connectivity index (χ0) is 15.9. The molecule has 6 heteroatoms. The minimum absolute atomic E-state index is 0.00899. The average Bonchev–Trinajstić information content (AvgIpc) is 2.50. The highest BCUT2D eigenvalue weighted by Gasteiger charge is 2.16. The van der Waals surface area contributed by atoms with E-state index >= 15 is 0 Å². The van der Waals surface area contributed by atoms with Crippen molar-refractivity contribution >= 4 is 22.5 Å². The van der Waals surface area contributed by atoms with E-state index in [2.05, 4.69) is 4.98 Å². The third-order valence-corrected chi connectivity index (χ3v) is 3.61. The molecule has 0 amide bonds. The van der Waals surface area contributed by atoms with Gasteiger partial charge in [-0.1, -0.05) is 11.6 Å². The number of benzene rings is 2. The maximum absolute atomic E-state index is 13.5. The molecule has 22 heavy (non-hydrogen) atoms. The molecule has 3 aromatic rings. The third-order valence-electron chi connectivity index (χ3n) is 3.24. The number of halogens is 2. The van der Waals surface area contributed by atoms with Gasteiger partial charge < -0.3 is 10.2 Å². The van der Waals surface area contributed by atoms with Gasteiger partial charge in [0, 0.05) is 10.9 Å². The molecule has 4 nitrogen and oxygen atoms in total. The van der Waals surface area contributed by atoms with Crippen LogP contribution in [0.4, 0.5) is 4.39 Å². The summed E-state index contributed by atoms with van der Waals surface area (Å²) in [5.41, 5.74) is 1.16. The van der Waals surface area contributed by atoms with Crippen LogP contribution >= 0.6 is 11.6 Å². The quantitative estimate of drug-likeness (QED) is 0.712. The predicted molar refractivity (Wildman–Crippen MR) is 80.2 cm³/mol. The second-order valence-corrected chi connectivity index (χ2v) is 5.01. The van der Waals surface area contributed by atoms with Crippen molar-refractivity contribution in [3.8, 4) is 28.8 Å². The molecule has 1 heterocycles. The number of nitrogens with zero attached hydrogens (tertiary/aromatic N) is 2. The van der Waals surface area contributed by atoms with Crippen LogP contribution in [0.25, 0.3) is 22.2 Å². The van der Waals surface area contributed by atoms with Gasteiger partial charge in [-0.2, -0.15) is 5.26 Å². The number of fused-ring (bicyclic) bond motifs is 1. The molecule has 0 aliphatic rings. The highest BCUT2D eigenvalue weighted by atomic mass is 35.5. The number of phenolic OH excluding ortho intramolecular Hbond substituents is 2. The van der Waals surface area contributed by atoms with Gasteiger partial charge >= 0.3 is 0 Å².